The van der Waals surface area contributed by atoms with Gasteiger partial charge in [-0.25, -0.2) is 0 Å². The number of hydrogen-bond donors (Lipinski definition) is 12. The maximum atomic E-state index is 14.5. The molecule has 3 fully saturated rings. The molecule has 14 N–H and O–H groups in total. The van der Waals surface area contributed by atoms with Crippen LogP contribution < -0.4 is 48.1 Å². The molecule has 3 heterocycles. The number of aryl methyl sites for hydroxylation is 1. The zero-order chi connectivity index (χ0) is 59.2. The molecule has 440 valence electrons. The number of aliphatic hydroxyl groups is 3. The number of nitrogens with two attached hydrogens (primary N) is 2. The molecule has 0 aromatic heterocycles. The molecule has 3 aliphatic rings. The normalized spacial score (nSPS) is 23.9. The van der Waals surface area contributed by atoms with Gasteiger partial charge >= 0.3 is 0 Å². The van der Waals surface area contributed by atoms with Crippen molar-refractivity contribution in [2.45, 2.75) is 139 Å². The van der Waals surface area contributed by atoms with E-state index in [2.05, 4.69) is 38.8 Å². The third-order valence-corrected chi connectivity index (χ3v) is 14.9. The summed E-state index contributed by atoms with van der Waals surface area (Å²) in [4.78, 5) is 114. The highest BCUT2D eigenvalue weighted by Crippen LogP contribution is 2.29. The van der Waals surface area contributed by atoms with E-state index in [1.807, 2.05) is 48.5 Å². The number of amides is 8. The summed E-state index contributed by atoms with van der Waals surface area (Å²) in [5.74, 6) is -5.95. The summed E-state index contributed by atoms with van der Waals surface area (Å²) in [5, 5.41) is 59.2. The van der Waals surface area contributed by atoms with Gasteiger partial charge in [-0.2, -0.15) is 0 Å². The van der Waals surface area contributed by atoms with E-state index < -0.39 is 114 Å². The van der Waals surface area contributed by atoms with Crippen LogP contribution in [0.3, 0.4) is 0 Å². The van der Waals surface area contributed by atoms with Gasteiger partial charge in [0, 0.05) is 37.7 Å². The lowest BCUT2D eigenvalue weighted by molar-refractivity contribution is -0.145. The van der Waals surface area contributed by atoms with Crippen molar-refractivity contribution in [3.63, 3.8) is 0 Å². The molecule has 4 aromatic carbocycles. The van der Waals surface area contributed by atoms with Crippen LogP contribution in [0.5, 0.6) is 11.5 Å². The maximum absolute atomic E-state index is 14.5. The quantitative estimate of drug-likeness (QED) is 0.0549. The molecule has 0 spiro atoms. The van der Waals surface area contributed by atoms with Crippen LogP contribution in [0.15, 0.2) is 91.0 Å². The van der Waals surface area contributed by atoms with E-state index >= 15 is 0 Å². The van der Waals surface area contributed by atoms with E-state index in [1.54, 1.807) is 24.3 Å². The van der Waals surface area contributed by atoms with Crippen molar-refractivity contribution >= 4 is 52.9 Å². The summed E-state index contributed by atoms with van der Waals surface area (Å²) in [5.41, 5.74) is 16.1. The second-order valence-corrected chi connectivity index (χ2v) is 21.2. The Labute approximate surface area is 475 Å². The Kier molecular flexibility index (Phi) is 21.5. The molecule has 0 aliphatic carbocycles. The predicted octanol–water partition coefficient (Wildman–Crippen LogP) is 0.940. The fourth-order valence-corrected chi connectivity index (χ4v) is 10.3. The first-order valence-electron chi connectivity index (χ1n) is 27.9. The first-order chi connectivity index (χ1) is 39.2. The number of rotatable bonds is 16. The number of carbonyl (C=O) groups excluding carboxylic acids is 8. The van der Waals surface area contributed by atoms with Crippen molar-refractivity contribution < 1.29 is 63.5 Å². The minimum atomic E-state index is -1.72. The SMILES string of the molecule is CCCCCOc1ccc(-c2ccc(-c3ccc(C(=O)N[C@H]4CCCNC(=O)[C@@H]5C[C@H](N)CN5C(=O)[C@H]([C@@H](C)O)NC(=O)[C@H](CCc5ccc(O)c(NC(=O)CN)c5)NC(=O)[C@@H]5C[C@@H](O)CN5C(=O)[C@H]([C@@H](C)O)NC4=O)cc3)cc2)cc1. The van der Waals surface area contributed by atoms with Crippen LogP contribution in [0.25, 0.3) is 22.3 Å². The zero-order valence-corrected chi connectivity index (χ0v) is 46.3. The highest BCUT2D eigenvalue weighted by molar-refractivity contribution is 6.00. The number of hydrogen-bond acceptors (Lipinski definition) is 15. The summed E-state index contributed by atoms with van der Waals surface area (Å²) >= 11 is 0. The molecule has 10 atom stereocenters. The molecule has 3 saturated heterocycles. The summed E-state index contributed by atoms with van der Waals surface area (Å²) in [6, 6.07) is 17.2. The van der Waals surface area contributed by atoms with Gasteiger partial charge in [0.15, 0.2) is 0 Å². The summed E-state index contributed by atoms with van der Waals surface area (Å²) < 4.78 is 5.86. The van der Waals surface area contributed by atoms with Crippen LogP contribution in [0.4, 0.5) is 5.69 Å². The number of carbonyl (C=O) groups is 8. The zero-order valence-electron chi connectivity index (χ0n) is 46.3. The lowest BCUT2D eigenvalue weighted by Gasteiger charge is -2.32. The van der Waals surface area contributed by atoms with Crippen LogP contribution >= 0.6 is 0 Å². The maximum Gasteiger partial charge on any atom is 0.251 e. The number of phenolic OH excluding ortho intramolecular Hbond substituents is 1. The molecule has 8 amide bonds. The van der Waals surface area contributed by atoms with Crippen molar-refractivity contribution in [1.82, 2.24) is 36.4 Å². The van der Waals surface area contributed by atoms with Gasteiger partial charge in [-0.15, -0.1) is 0 Å². The number of aromatic hydroxyl groups is 1. The molecule has 82 heavy (non-hydrogen) atoms. The Hall–Kier alpha value is -7.96. The Bertz CT molecular complexity index is 2910. The van der Waals surface area contributed by atoms with Crippen LogP contribution in [-0.2, 0) is 40.0 Å². The number of anilines is 1. The minimum Gasteiger partial charge on any atom is -0.506 e. The average molecular weight is 1130 g/mol. The van der Waals surface area contributed by atoms with Crippen molar-refractivity contribution in [3.8, 4) is 33.8 Å². The smallest absolute Gasteiger partial charge is 0.251 e. The Morgan fingerprint density at radius 1 is 0.732 bits per heavy atom. The van der Waals surface area contributed by atoms with Crippen molar-refractivity contribution in [2.24, 2.45) is 11.5 Å². The highest BCUT2D eigenvalue weighted by atomic mass is 16.5. The van der Waals surface area contributed by atoms with E-state index in [0.717, 1.165) is 57.1 Å². The van der Waals surface area contributed by atoms with Crippen LogP contribution in [0, 0.1) is 0 Å². The van der Waals surface area contributed by atoms with Gasteiger partial charge in [0.25, 0.3) is 5.91 Å². The van der Waals surface area contributed by atoms with Crippen LogP contribution in [0.1, 0.15) is 88.1 Å². The largest absolute Gasteiger partial charge is 0.506 e. The van der Waals surface area contributed by atoms with Gasteiger partial charge in [-0.05, 0) is 117 Å². The van der Waals surface area contributed by atoms with E-state index in [-0.39, 0.29) is 75.2 Å². The van der Waals surface area contributed by atoms with Gasteiger partial charge < -0.3 is 78.3 Å². The Morgan fingerprint density at radius 3 is 1.90 bits per heavy atom. The Morgan fingerprint density at radius 2 is 1.30 bits per heavy atom. The fraction of sp³-hybridized carbons (Fsp3) is 0.458. The standard InChI is InChI=1S/C59H76N10O13/c1-4-5-6-26-82-43-21-19-39(20-22-43)37-13-11-36(12-14-37)38-15-17-40(18-16-38)53(75)64-44-8-7-25-62-56(78)47-28-41(61)31-68(47)58(80)51(33(2)70)67-55(77)45(23-9-35-10-24-49(73)46(27-35)63-50(74)30-60)65-57(79)48-29-42(72)32-69(48)59(81)52(34(3)71)66-54(44)76/h10-22,24,27,33-34,41-42,44-45,47-48,51-52,70-73H,4-9,23,25-26,28-32,60-61H2,1-3H3,(H,62,78)(H,63,74)(H,64,75)(H,65,79)(H,66,76)(H,67,77)/t33-,34-,41+,42-,44+,45+,47+,48+,51+,52+/m1/s1. The minimum absolute atomic E-state index is 0.00304. The monoisotopic (exact) mass is 1130 g/mol. The molecule has 0 unspecified atom stereocenters. The lowest BCUT2D eigenvalue weighted by atomic mass is 9.99. The first-order valence-corrected chi connectivity index (χ1v) is 27.9. The molecular weight excluding hydrogens is 1060 g/mol. The average Bonchev–Trinajstić information content (AvgIpc) is 4.09. The second-order valence-electron chi connectivity index (χ2n) is 21.2. The van der Waals surface area contributed by atoms with Gasteiger partial charge in [-0.3, -0.25) is 38.4 Å². The molecule has 4 aromatic rings. The summed E-state index contributed by atoms with van der Waals surface area (Å²) in [7, 11) is 0. The topological polar surface area (TPSA) is 357 Å². The fourth-order valence-electron chi connectivity index (χ4n) is 10.3. The van der Waals surface area contributed by atoms with E-state index in [1.165, 1.54) is 32.0 Å². The number of benzene rings is 4. The number of ether oxygens (including phenoxy) is 1. The molecule has 23 nitrogen and oxygen atoms in total. The second kappa shape index (κ2) is 28.6. The van der Waals surface area contributed by atoms with Gasteiger partial charge in [0.05, 0.1) is 37.2 Å². The van der Waals surface area contributed by atoms with E-state index in [0.29, 0.717) is 12.2 Å². The number of nitrogens with one attached hydrogen (secondary N) is 6. The Balaban J connectivity index is 1.12. The van der Waals surface area contributed by atoms with E-state index in [9.17, 15) is 58.8 Å². The van der Waals surface area contributed by atoms with Crippen molar-refractivity contribution in [3.05, 3.63) is 102 Å². The number of unbranched alkanes of at least 4 members (excludes halogenated alkanes) is 2. The third kappa shape index (κ3) is 15.9. The summed E-state index contributed by atoms with van der Waals surface area (Å²) in [6.45, 7) is 4.32. The van der Waals surface area contributed by atoms with Crippen molar-refractivity contribution in [1.29, 1.82) is 0 Å². The number of aliphatic hydroxyl groups excluding tert-OH is 3. The van der Waals surface area contributed by atoms with Gasteiger partial charge in [0.2, 0.25) is 41.4 Å². The molecule has 23 heteroatoms. The van der Waals surface area contributed by atoms with E-state index in [4.69, 9.17) is 16.2 Å². The predicted molar refractivity (Wildman–Crippen MR) is 303 cm³/mol. The van der Waals surface area contributed by atoms with Crippen LogP contribution in [0.2, 0.25) is 0 Å². The highest BCUT2D eigenvalue weighted by Gasteiger charge is 2.46. The lowest BCUT2D eigenvalue weighted by Crippen LogP contribution is -2.61. The number of phenols is 1. The van der Waals surface area contributed by atoms with Crippen LogP contribution in [-0.4, -0.2) is 171 Å². The number of fused-ring (bicyclic) bond motifs is 2. The molecule has 0 radical (unpaired) electrons. The van der Waals surface area contributed by atoms with Gasteiger partial charge in [0.1, 0.15) is 47.8 Å². The molecule has 0 bridgehead atoms. The molecule has 7 rings (SSSR count). The van der Waals surface area contributed by atoms with Crippen molar-refractivity contribution in [2.75, 3.05) is 38.1 Å². The number of nitrogens with zero attached hydrogens (tertiary/aromatic N) is 2. The first kappa shape index (κ1) is 61.7. The molecule has 3 aliphatic heterocycles. The molecule has 0 saturated carbocycles. The summed E-state index contributed by atoms with van der Waals surface area (Å²) in [6.07, 6.45) is -1.72. The molecular formula is C59H76N10O13. The van der Waals surface area contributed by atoms with Gasteiger partial charge in [-0.1, -0.05) is 74.4 Å². The third-order valence-electron chi connectivity index (χ3n) is 14.9.